The fourth-order valence-corrected chi connectivity index (χ4v) is 1.61. The third-order valence-electron chi connectivity index (χ3n) is 2.14. The van der Waals surface area contributed by atoms with Crippen molar-refractivity contribution in [1.82, 2.24) is 5.32 Å². The number of halogens is 1. The lowest BCUT2D eigenvalue weighted by Gasteiger charge is -2.13. The molecule has 0 aliphatic carbocycles. The maximum atomic E-state index is 3.47. The van der Waals surface area contributed by atoms with Gasteiger partial charge in [-0.15, -0.1) is 0 Å². The molecule has 0 aliphatic rings. The maximum Gasteiger partial charge on any atom is 0.0292 e. The van der Waals surface area contributed by atoms with Crippen molar-refractivity contribution >= 4 is 15.9 Å². The first-order chi connectivity index (χ1) is 5.65. The van der Waals surface area contributed by atoms with Crippen molar-refractivity contribution in [3.05, 3.63) is 33.8 Å². The number of rotatable bonds is 2. The highest BCUT2D eigenvalue weighted by Crippen LogP contribution is 2.21. The van der Waals surface area contributed by atoms with Gasteiger partial charge in [0.2, 0.25) is 0 Å². The third-order valence-corrected chi connectivity index (χ3v) is 2.63. The van der Waals surface area contributed by atoms with E-state index in [-0.39, 0.29) is 0 Å². The average molecular weight is 228 g/mol. The molecule has 1 unspecified atom stereocenters. The Hall–Kier alpha value is -0.340. The summed E-state index contributed by atoms with van der Waals surface area (Å²) in [6, 6.07) is 6.79. The number of benzene rings is 1. The molecule has 1 rings (SSSR count). The van der Waals surface area contributed by atoms with Crippen LogP contribution in [0.15, 0.2) is 22.7 Å². The molecule has 0 aromatic heterocycles. The van der Waals surface area contributed by atoms with E-state index in [0.717, 1.165) is 4.47 Å². The Morgan fingerprint density at radius 3 is 2.67 bits per heavy atom. The minimum atomic E-state index is 0.419. The Bertz CT molecular complexity index is 271. The van der Waals surface area contributed by atoms with Gasteiger partial charge in [-0.25, -0.2) is 0 Å². The van der Waals surface area contributed by atoms with E-state index in [2.05, 4.69) is 53.3 Å². The highest BCUT2D eigenvalue weighted by Gasteiger charge is 2.05. The second kappa shape index (κ2) is 4.06. The molecule has 1 N–H and O–H groups in total. The summed E-state index contributed by atoms with van der Waals surface area (Å²) in [6.45, 7) is 4.30. The molecule has 66 valence electrons. The standard InChI is InChI=1S/C10H14BrN/c1-7-4-5-9(11)6-10(7)8(2)12-3/h4-6,8,12H,1-3H3. The van der Waals surface area contributed by atoms with E-state index >= 15 is 0 Å². The summed E-state index contributed by atoms with van der Waals surface area (Å²) in [5.41, 5.74) is 2.69. The molecule has 2 heteroatoms. The van der Waals surface area contributed by atoms with Gasteiger partial charge < -0.3 is 5.32 Å². The van der Waals surface area contributed by atoms with Crippen LogP contribution in [-0.4, -0.2) is 7.05 Å². The molecule has 0 aliphatic heterocycles. The van der Waals surface area contributed by atoms with E-state index in [1.807, 2.05) is 7.05 Å². The van der Waals surface area contributed by atoms with Gasteiger partial charge in [0.25, 0.3) is 0 Å². The molecule has 0 spiro atoms. The van der Waals surface area contributed by atoms with Crippen LogP contribution in [0.4, 0.5) is 0 Å². The molecular weight excluding hydrogens is 214 g/mol. The number of hydrogen-bond donors (Lipinski definition) is 1. The lowest BCUT2D eigenvalue weighted by atomic mass is 10.0. The summed E-state index contributed by atoms with van der Waals surface area (Å²) in [5.74, 6) is 0. The van der Waals surface area contributed by atoms with Gasteiger partial charge in [-0.1, -0.05) is 22.0 Å². The molecule has 1 aromatic carbocycles. The Balaban J connectivity index is 3.04. The molecule has 0 fully saturated rings. The van der Waals surface area contributed by atoms with Crippen molar-refractivity contribution < 1.29 is 0 Å². The van der Waals surface area contributed by atoms with Crippen LogP contribution in [0.1, 0.15) is 24.1 Å². The molecule has 0 heterocycles. The van der Waals surface area contributed by atoms with Crippen molar-refractivity contribution in [3.8, 4) is 0 Å². The van der Waals surface area contributed by atoms with Gasteiger partial charge in [0.05, 0.1) is 0 Å². The van der Waals surface area contributed by atoms with Crippen molar-refractivity contribution in [2.24, 2.45) is 0 Å². The molecule has 0 bridgehead atoms. The van der Waals surface area contributed by atoms with E-state index in [1.165, 1.54) is 11.1 Å². The van der Waals surface area contributed by atoms with Crippen molar-refractivity contribution in [2.75, 3.05) is 7.05 Å². The van der Waals surface area contributed by atoms with E-state index in [9.17, 15) is 0 Å². The van der Waals surface area contributed by atoms with Crippen LogP contribution in [0.2, 0.25) is 0 Å². The predicted octanol–water partition coefficient (Wildman–Crippen LogP) is 3.04. The first kappa shape index (κ1) is 9.75. The predicted molar refractivity (Wildman–Crippen MR) is 56.4 cm³/mol. The van der Waals surface area contributed by atoms with Gasteiger partial charge >= 0.3 is 0 Å². The molecule has 1 aromatic rings. The van der Waals surface area contributed by atoms with Crippen LogP contribution in [0.3, 0.4) is 0 Å². The van der Waals surface area contributed by atoms with Crippen LogP contribution in [-0.2, 0) is 0 Å². The lowest BCUT2D eigenvalue weighted by Crippen LogP contribution is -2.13. The van der Waals surface area contributed by atoms with Gasteiger partial charge in [0.1, 0.15) is 0 Å². The Kier molecular flexibility index (Phi) is 3.29. The minimum absolute atomic E-state index is 0.419. The number of hydrogen-bond acceptors (Lipinski definition) is 1. The van der Waals surface area contributed by atoms with Crippen LogP contribution >= 0.6 is 15.9 Å². The highest BCUT2D eigenvalue weighted by molar-refractivity contribution is 9.10. The zero-order chi connectivity index (χ0) is 9.14. The molecular formula is C10H14BrN. The fourth-order valence-electron chi connectivity index (χ4n) is 1.23. The van der Waals surface area contributed by atoms with E-state index in [1.54, 1.807) is 0 Å². The molecule has 1 nitrogen and oxygen atoms in total. The maximum absolute atomic E-state index is 3.47. The Morgan fingerprint density at radius 1 is 1.42 bits per heavy atom. The van der Waals surface area contributed by atoms with E-state index in [0.29, 0.717) is 6.04 Å². The molecule has 0 amide bonds. The van der Waals surface area contributed by atoms with Crippen molar-refractivity contribution in [2.45, 2.75) is 19.9 Å². The van der Waals surface area contributed by atoms with Crippen LogP contribution < -0.4 is 5.32 Å². The normalized spacial score (nSPS) is 13.0. The Morgan fingerprint density at radius 2 is 2.08 bits per heavy atom. The largest absolute Gasteiger partial charge is 0.313 e. The smallest absolute Gasteiger partial charge is 0.0292 e. The summed E-state index contributed by atoms with van der Waals surface area (Å²) in [6.07, 6.45) is 0. The van der Waals surface area contributed by atoms with Gasteiger partial charge in [-0.3, -0.25) is 0 Å². The van der Waals surface area contributed by atoms with E-state index < -0.39 is 0 Å². The zero-order valence-electron chi connectivity index (χ0n) is 7.69. The Labute approximate surface area is 82.3 Å². The number of aryl methyl sites for hydroxylation is 1. The first-order valence-electron chi connectivity index (χ1n) is 4.08. The van der Waals surface area contributed by atoms with Gasteiger partial charge in [0, 0.05) is 10.5 Å². The number of nitrogens with one attached hydrogen (secondary N) is 1. The summed E-state index contributed by atoms with van der Waals surface area (Å²) < 4.78 is 1.14. The molecule has 0 saturated heterocycles. The average Bonchev–Trinajstić information content (AvgIpc) is 2.08. The van der Waals surface area contributed by atoms with E-state index in [4.69, 9.17) is 0 Å². The second-order valence-electron chi connectivity index (χ2n) is 3.01. The van der Waals surface area contributed by atoms with Gasteiger partial charge in [-0.2, -0.15) is 0 Å². The van der Waals surface area contributed by atoms with Crippen molar-refractivity contribution in [1.29, 1.82) is 0 Å². The highest BCUT2D eigenvalue weighted by atomic mass is 79.9. The molecule has 0 saturated carbocycles. The monoisotopic (exact) mass is 227 g/mol. The molecule has 1 atom stereocenters. The topological polar surface area (TPSA) is 12.0 Å². The summed E-state index contributed by atoms with van der Waals surface area (Å²) in [4.78, 5) is 0. The second-order valence-corrected chi connectivity index (χ2v) is 3.93. The molecule has 12 heavy (non-hydrogen) atoms. The zero-order valence-corrected chi connectivity index (χ0v) is 9.27. The summed E-state index contributed by atoms with van der Waals surface area (Å²) >= 11 is 3.47. The van der Waals surface area contributed by atoms with Crippen LogP contribution in [0.5, 0.6) is 0 Å². The molecule has 0 radical (unpaired) electrons. The fraction of sp³-hybridized carbons (Fsp3) is 0.400. The lowest BCUT2D eigenvalue weighted by molar-refractivity contribution is 0.648. The van der Waals surface area contributed by atoms with Crippen LogP contribution in [0.25, 0.3) is 0 Å². The minimum Gasteiger partial charge on any atom is -0.313 e. The summed E-state index contributed by atoms with van der Waals surface area (Å²) in [5, 5.41) is 3.23. The van der Waals surface area contributed by atoms with Gasteiger partial charge in [-0.05, 0) is 44.2 Å². The SMILES string of the molecule is CNC(C)c1cc(Br)ccc1C. The quantitative estimate of drug-likeness (QED) is 0.820. The van der Waals surface area contributed by atoms with Crippen LogP contribution in [0, 0.1) is 6.92 Å². The summed E-state index contributed by atoms with van der Waals surface area (Å²) in [7, 11) is 1.98. The van der Waals surface area contributed by atoms with Crippen molar-refractivity contribution in [3.63, 3.8) is 0 Å². The van der Waals surface area contributed by atoms with Gasteiger partial charge in [0.15, 0.2) is 0 Å². The first-order valence-corrected chi connectivity index (χ1v) is 4.87. The third kappa shape index (κ3) is 2.08.